The predicted molar refractivity (Wildman–Crippen MR) is 32.0 cm³/mol. The first kappa shape index (κ1) is 10.7. The van der Waals surface area contributed by atoms with Gasteiger partial charge in [0.15, 0.2) is 11.5 Å². The van der Waals surface area contributed by atoms with Gasteiger partial charge < -0.3 is 4.74 Å². The molecular formula is C6H5F3O3. The number of allylic oxidation sites excluding steroid dienone is 1. The van der Waals surface area contributed by atoms with Gasteiger partial charge in [-0.05, 0) is 0 Å². The van der Waals surface area contributed by atoms with Gasteiger partial charge in [-0.25, -0.2) is 4.79 Å². The van der Waals surface area contributed by atoms with Crippen LogP contribution in [0.1, 0.15) is 6.92 Å². The Morgan fingerprint density at radius 1 is 1.33 bits per heavy atom. The molecule has 0 heterocycles. The van der Waals surface area contributed by atoms with Gasteiger partial charge >= 0.3 is 12.1 Å². The molecule has 0 saturated carbocycles. The lowest BCUT2D eigenvalue weighted by Gasteiger charge is -2.05. The second kappa shape index (κ2) is 3.38. The Kier molecular flexibility index (Phi) is 3.00. The molecular weight excluding hydrogens is 177 g/mol. The summed E-state index contributed by atoms with van der Waals surface area (Å²) in [5, 5.41) is 0. The molecule has 0 aliphatic rings. The first-order chi connectivity index (χ1) is 5.25. The van der Waals surface area contributed by atoms with E-state index in [2.05, 4.69) is 11.3 Å². The van der Waals surface area contributed by atoms with Crippen molar-refractivity contribution >= 4 is 11.8 Å². The van der Waals surface area contributed by atoms with Crippen LogP contribution in [0.15, 0.2) is 12.3 Å². The van der Waals surface area contributed by atoms with E-state index in [0.29, 0.717) is 0 Å². The summed E-state index contributed by atoms with van der Waals surface area (Å²) in [6, 6.07) is 0. The second-order valence-electron chi connectivity index (χ2n) is 1.87. The number of halogens is 3. The molecule has 3 nitrogen and oxygen atoms in total. The highest BCUT2D eigenvalue weighted by Crippen LogP contribution is 2.17. The Morgan fingerprint density at radius 3 is 2.00 bits per heavy atom. The van der Waals surface area contributed by atoms with Crippen molar-refractivity contribution < 1.29 is 27.5 Å². The molecule has 0 N–H and O–H groups in total. The molecule has 6 heteroatoms. The van der Waals surface area contributed by atoms with Gasteiger partial charge in [0, 0.05) is 6.92 Å². The van der Waals surface area contributed by atoms with E-state index in [1.165, 1.54) is 0 Å². The first-order valence-corrected chi connectivity index (χ1v) is 2.74. The number of carbonyl (C=O) groups excluding carboxylic acids is 2. The maximum atomic E-state index is 11.4. The first-order valence-electron chi connectivity index (χ1n) is 2.74. The highest BCUT2D eigenvalue weighted by molar-refractivity contribution is 5.93. The number of hydrogen-bond acceptors (Lipinski definition) is 3. The van der Waals surface area contributed by atoms with Crippen LogP contribution in [0.4, 0.5) is 13.2 Å². The largest absolute Gasteiger partial charge is 0.491 e. The Morgan fingerprint density at radius 2 is 1.75 bits per heavy atom. The van der Waals surface area contributed by atoms with Gasteiger partial charge in [-0.3, -0.25) is 4.79 Å². The van der Waals surface area contributed by atoms with Crippen LogP contribution < -0.4 is 0 Å². The lowest BCUT2D eigenvalue weighted by Crippen LogP contribution is -2.26. The van der Waals surface area contributed by atoms with Crippen molar-refractivity contribution in [1.82, 2.24) is 0 Å². The lowest BCUT2D eigenvalue weighted by molar-refractivity contribution is -0.195. The molecule has 0 saturated heterocycles. The molecule has 0 bridgehead atoms. The molecule has 0 atom stereocenters. The molecule has 0 unspecified atom stereocenters. The second-order valence-corrected chi connectivity index (χ2v) is 1.87. The molecule has 0 rings (SSSR count). The number of ether oxygens (including phenoxy) is 1. The number of Topliss-reactive ketones (excluding diaryl/α,β-unsaturated/α-hetero) is 1. The fourth-order valence-corrected chi connectivity index (χ4v) is 0.242. The third kappa shape index (κ3) is 3.18. The maximum absolute atomic E-state index is 11.4. The van der Waals surface area contributed by atoms with E-state index < -0.39 is 23.7 Å². The number of alkyl halides is 3. The van der Waals surface area contributed by atoms with Crippen molar-refractivity contribution in [2.75, 3.05) is 0 Å². The van der Waals surface area contributed by atoms with Crippen molar-refractivity contribution in [1.29, 1.82) is 0 Å². The molecule has 0 aromatic carbocycles. The summed E-state index contributed by atoms with van der Waals surface area (Å²) in [5.74, 6) is -4.09. The molecule has 0 radical (unpaired) electrons. The van der Waals surface area contributed by atoms with Gasteiger partial charge in [-0.15, -0.1) is 0 Å². The Hall–Kier alpha value is -1.33. The zero-order valence-electron chi connectivity index (χ0n) is 6.07. The van der Waals surface area contributed by atoms with Gasteiger partial charge in [-0.2, -0.15) is 13.2 Å². The smallest absolute Gasteiger partial charge is 0.417 e. The van der Waals surface area contributed by atoms with Crippen molar-refractivity contribution in [3.05, 3.63) is 12.3 Å². The quantitative estimate of drug-likeness (QED) is 0.366. The molecule has 12 heavy (non-hydrogen) atoms. The van der Waals surface area contributed by atoms with Gasteiger partial charge in [0.05, 0.1) is 0 Å². The summed E-state index contributed by atoms with van der Waals surface area (Å²) < 4.78 is 37.9. The summed E-state index contributed by atoms with van der Waals surface area (Å²) in [5.41, 5.74) is 0. The molecule has 0 fully saturated rings. The number of esters is 1. The fourth-order valence-electron chi connectivity index (χ4n) is 0.242. The van der Waals surface area contributed by atoms with Crippen LogP contribution in [-0.4, -0.2) is 17.9 Å². The Bertz CT molecular complexity index is 229. The van der Waals surface area contributed by atoms with Crippen LogP contribution in [0.3, 0.4) is 0 Å². The van der Waals surface area contributed by atoms with E-state index in [4.69, 9.17) is 0 Å². The van der Waals surface area contributed by atoms with Crippen molar-refractivity contribution in [2.45, 2.75) is 13.1 Å². The van der Waals surface area contributed by atoms with Crippen LogP contribution in [0, 0.1) is 0 Å². The third-order valence-electron chi connectivity index (χ3n) is 0.840. The van der Waals surface area contributed by atoms with Crippen LogP contribution in [0.25, 0.3) is 0 Å². The SMILES string of the molecule is C=C(OC(=O)C(F)(F)F)C(C)=O. The molecule has 0 aromatic rings. The highest BCUT2D eigenvalue weighted by Gasteiger charge is 2.41. The summed E-state index contributed by atoms with van der Waals surface area (Å²) in [7, 11) is 0. The number of rotatable bonds is 2. The zero-order chi connectivity index (χ0) is 9.94. The molecule has 0 spiro atoms. The zero-order valence-corrected chi connectivity index (χ0v) is 6.07. The maximum Gasteiger partial charge on any atom is 0.491 e. The molecule has 0 amide bonds. The van der Waals surface area contributed by atoms with Gasteiger partial charge in [-0.1, -0.05) is 6.58 Å². The Labute approximate surface area is 65.8 Å². The van der Waals surface area contributed by atoms with Crippen molar-refractivity contribution in [3.8, 4) is 0 Å². The van der Waals surface area contributed by atoms with Crippen LogP contribution in [0.2, 0.25) is 0 Å². The molecule has 68 valence electrons. The number of carbonyl (C=O) groups is 2. The third-order valence-corrected chi connectivity index (χ3v) is 0.840. The monoisotopic (exact) mass is 182 g/mol. The standard InChI is InChI=1S/C6H5F3O3/c1-3(10)4(2)12-5(11)6(7,8)9/h2H2,1H3. The summed E-state index contributed by atoms with van der Waals surface area (Å²) in [6.45, 7) is 3.75. The predicted octanol–water partition coefficient (Wildman–Crippen LogP) is 1.19. The summed E-state index contributed by atoms with van der Waals surface area (Å²) >= 11 is 0. The number of ketones is 1. The van der Waals surface area contributed by atoms with E-state index in [9.17, 15) is 22.8 Å². The Balaban J connectivity index is 4.21. The summed E-state index contributed by atoms with van der Waals surface area (Å²) in [6.07, 6.45) is -5.10. The van der Waals surface area contributed by atoms with E-state index in [1.807, 2.05) is 0 Å². The molecule has 0 aromatic heterocycles. The number of hydrogen-bond donors (Lipinski definition) is 0. The van der Waals surface area contributed by atoms with Crippen molar-refractivity contribution in [2.24, 2.45) is 0 Å². The van der Waals surface area contributed by atoms with Crippen LogP contribution in [-0.2, 0) is 14.3 Å². The van der Waals surface area contributed by atoms with Gasteiger partial charge in [0.2, 0.25) is 0 Å². The van der Waals surface area contributed by atoms with E-state index in [0.717, 1.165) is 6.92 Å². The highest BCUT2D eigenvalue weighted by atomic mass is 19.4. The van der Waals surface area contributed by atoms with Crippen molar-refractivity contribution in [3.63, 3.8) is 0 Å². The normalized spacial score (nSPS) is 10.7. The van der Waals surface area contributed by atoms with E-state index in [-0.39, 0.29) is 0 Å². The van der Waals surface area contributed by atoms with Gasteiger partial charge in [0.1, 0.15) is 0 Å². The van der Waals surface area contributed by atoms with Crippen LogP contribution >= 0.6 is 0 Å². The summed E-state index contributed by atoms with van der Waals surface area (Å²) in [4.78, 5) is 20.3. The average Bonchev–Trinajstić information content (AvgIpc) is 1.85. The van der Waals surface area contributed by atoms with E-state index in [1.54, 1.807) is 0 Å². The molecule has 0 aliphatic carbocycles. The lowest BCUT2D eigenvalue weighted by atomic mass is 10.4. The minimum atomic E-state index is -5.10. The minimum Gasteiger partial charge on any atom is -0.417 e. The average molecular weight is 182 g/mol. The van der Waals surface area contributed by atoms with Crippen LogP contribution in [0.5, 0.6) is 0 Å². The molecule has 0 aliphatic heterocycles. The topological polar surface area (TPSA) is 43.4 Å². The van der Waals surface area contributed by atoms with E-state index >= 15 is 0 Å². The fraction of sp³-hybridized carbons (Fsp3) is 0.333. The minimum absolute atomic E-state index is 0.822. The van der Waals surface area contributed by atoms with Gasteiger partial charge in [0.25, 0.3) is 0 Å².